The summed E-state index contributed by atoms with van der Waals surface area (Å²) in [7, 11) is 0. The number of carbonyl (C=O) groups is 2. The van der Waals surface area contributed by atoms with E-state index in [4.69, 9.17) is 9.15 Å². The van der Waals surface area contributed by atoms with Crippen LogP contribution in [0, 0.1) is 15.9 Å². The molecule has 2 aliphatic rings. The van der Waals surface area contributed by atoms with Gasteiger partial charge in [-0.05, 0) is 31.2 Å². The number of furan rings is 1. The number of benzene rings is 1. The summed E-state index contributed by atoms with van der Waals surface area (Å²) in [5.41, 5.74) is 3.68. The quantitative estimate of drug-likeness (QED) is 0.575. The average Bonchev–Trinajstić information content (AvgIpc) is 3.27. The Morgan fingerprint density at radius 3 is 2.71 bits per heavy atom. The van der Waals surface area contributed by atoms with E-state index in [1.54, 1.807) is 24.0 Å². The molecule has 3 heterocycles. The fraction of sp³-hybridized carbons (Fsp3) is 0.368. The van der Waals surface area contributed by atoms with Gasteiger partial charge in [-0.3, -0.25) is 24.8 Å². The van der Waals surface area contributed by atoms with Crippen LogP contribution in [0.3, 0.4) is 0 Å². The molecule has 0 aliphatic carbocycles. The largest absolute Gasteiger partial charge is 0.444 e. The molecule has 0 radical (unpaired) electrons. The van der Waals surface area contributed by atoms with Crippen molar-refractivity contribution in [3.63, 3.8) is 0 Å². The second-order valence-corrected chi connectivity index (χ2v) is 7.19. The molecule has 1 aromatic heterocycles. The number of hydrogen-bond donors (Lipinski definition) is 1. The Bertz CT molecular complexity index is 1030. The van der Waals surface area contributed by atoms with Gasteiger partial charge in [0.25, 0.3) is 0 Å². The molecular formula is C19H20FN5O6. The van der Waals surface area contributed by atoms with Crippen molar-refractivity contribution in [2.75, 3.05) is 42.5 Å². The SMILES string of the molecule is C[C@H]1CN(c2ccc(N3CCNN(C(=O)c4ccc([N+](=O)[O-])o4)CC3)c(F)c2)C(=O)O1. The number of nitrogens with one attached hydrogen (secondary N) is 1. The molecule has 1 aromatic carbocycles. The van der Waals surface area contributed by atoms with Crippen LogP contribution >= 0.6 is 0 Å². The number of carbonyl (C=O) groups excluding carboxylic acids is 2. The molecule has 2 saturated heterocycles. The molecule has 0 unspecified atom stereocenters. The van der Waals surface area contributed by atoms with Crippen LogP contribution in [0.2, 0.25) is 0 Å². The highest BCUT2D eigenvalue weighted by atomic mass is 19.1. The summed E-state index contributed by atoms with van der Waals surface area (Å²) < 4.78 is 24.9. The minimum Gasteiger partial charge on any atom is -0.444 e. The summed E-state index contributed by atoms with van der Waals surface area (Å²) in [6.45, 7) is 3.39. The molecule has 1 atom stereocenters. The third kappa shape index (κ3) is 4.14. The van der Waals surface area contributed by atoms with Crippen LogP contribution < -0.4 is 15.2 Å². The molecule has 2 amide bonds. The Morgan fingerprint density at radius 2 is 2.06 bits per heavy atom. The summed E-state index contributed by atoms with van der Waals surface area (Å²) in [5.74, 6) is -1.72. The van der Waals surface area contributed by atoms with Crippen molar-refractivity contribution in [2.45, 2.75) is 13.0 Å². The van der Waals surface area contributed by atoms with E-state index >= 15 is 0 Å². The number of cyclic esters (lactones) is 1. The highest BCUT2D eigenvalue weighted by molar-refractivity contribution is 5.91. The van der Waals surface area contributed by atoms with Gasteiger partial charge in [0.1, 0.15) is 16.8 Å². The Morgan fingerprint density at radius 1 is 1.26 bits per heavy atom. The normalized spacial score (nSPS) is 19.4. The van der Waals surface area contributed by atoms with Crippen molar-refractivity contribution in [1.29, 1.82) is 0 Å². The number of hydrazine groups is 1. The Hall–Kier alpha value is -3.67. The van der Waals surface area contributed by atoms with Gasteiger partial charge in [0.2, 0.25) is 5.76 Å². The maximum atomic E-state index is 14.8. The predicted octanol–water partition coefficient (Wildman–Crippen LogP) is 2.14. The van der Waals surface area contributed by atoms with E-state index in [9.17, 15) is 24.1 Å². The van der Waals surface area contributed by atoms with E-state index in [2.05, 4.69) is 5.43 Å². The van der Waals surface area contributed by atoms with Gasteiger partial charge < -0.3 is 14.1 Å². The second kappa shape index (κ2) is 8.22. The van der Waals surface area contributed by atoms with E-state index in [1.165, 1.54) is 22.0 Å². The number of ether oxygens (including phenoxy) is 1. The number of nitro groups is 1. The molecule has 164 valence electrons. The molecular weight excluding hydrogens is 413 g/mol. The van der Waals surface area contributed by atoms with E-state index in [-0.39, 0.29) is 18.4 Å². The predicted molar refractivity (Wildman–Crippen MR) is 106 cm³/mol. The number of amides is 2. The first kappa shape index (κ1) is 20.6. The van der Waals surface area contributed by atoms with Gasteiger partial charge in [0.15, 0.2) is 0 Å². The molecule has 0 spiro atoms. The molecule has 12 heteroatoms. The molecule has 2 fully saturated rings. The van der Waals surface area contributed by atoms with Crippen molar-refractivity contribution in [2.24, 2.45) is 0 Å². The molecule has 0 saturated carbocycles. The van der Waals surface area contributed by atoms with Crippen LogP contribution in [0.15, 0.2) is 34.7 Å². The van der Waals surface area contributed by atoms with Crippen molar-refractivity contribution in [1.82, 2.24) is 10.4 Å². The first-order valence-corrected chi connectivity index (χ1v) is 9.65. The molecule has 11 nitrogen and oxygen atoms in total. The van der Waals surface area contributed by atoms with Gasteiger partial charge in [-0.15, -0.1) is 0 Å². The zero-order chi connectivity index (χ0) is 22.1. The number of halogens is 1. The van der Waals surface area contributed by atoms with Gasteiger partial charge in [-0.25, -0.2) is 14.6 Å². The molecule has 31 heavy (non-hydrogen) atoms. The highest BCUT2D eigenvalue weighted by Gasteiger charge is 2.30. The number of anilines is 2. The van der Waals surface area contributed by atoms with Gasteiger partial charge in [0.05, 0.1) is 30.5 Å². The highest BCUT2D eigenvalue weighted by Crippen LogP contribution is 2.28. The zero-order valence-corrected chi connectivity index (χ0v) is 16.6. The van der Waals surface area contributed by atoms with Gasteiger partial charge in [-0.2, -0.15) is 0 Å². The Labute approximate surface area is 176 Å². The standard InChI is InChI=1S/C19H20FN5O6/c1-12-11-23(19(27)30-12)13-2-3-15(14(20)10-13)22-7-6-21-24(9-8-22)18(26)16-4-5-17(31-16)25(28)29/h2-5,10,12,21H,6-9,11H2,1H3/t12-/m0/s1. The van der Waals surface area contributed by atoms with Gasteiger partial charge in [-0.1, -0.05) is 0 Å². The minimum atomic E-state index is -0.719. The molecule has 0 bridgehead atoms. The maximum Gasteiger partial charge on any atom is 0.433 e. The first-order chi connectivity index (χ1) is 14.8. The van der Waals surface area contributed by atoms with Gasteiger partial charge in [0, 0.05) is 19.6 Å². The molecule has 2 aromatic rings. The van der Waals surface area contributed by atoms with Crippen LogP contribution in [0.1, 0.15) is 17.5 Å². The van der Waals surface area contributed by atoms with Gasteiger partial charge >= 0.3 is 17.9 Å². The number of rotatable bonds is 4. The lowest BCUT2D eigenvalue weighted by atomic mass is 10.2. The third-order valence-electron chi connectivity index (χ3n) is 5.05. The minimum absolute atomic E-state index is 0.157. The van der Waals surface area contributed by atoms with Crippen molar-refractivity contribution in [3.8, 4) is 0 Å². The summed E-state index contributed by atoms with van der Waals surface area (Å²) in [6, 6.07) is 6.89. The first-order valence-electron chi connectivity index (χ1n) is 9.65. The summed E-state index contributed by atoms with van der Waals surface area (Å²) in [5, 5.41) is 12.0. The monoisotopic (exact) mass is 433 g/mol. The van der Waals surface area contributed by atoms with Crippen molar-refractivity contribution in [3.05, 3.63) is 52.0 Å². The molecule has 4 rings (SSSR count). The zero-order valence-electron chi connectivity index (χ0n) is 16.6. The molecule has 2 aliphatic heterocycles. The fourth-order valence-corrected chi connectivity index (χ4v) is 3.56. The average molecular weight is 433 g/mol. The number of nitrogens with zero attached hydrogens (tertiary/aromatic N) is 4. The maximum absolute atomic E-state index is 14.8. The summed E-state index contributed by atoms with van der Waals surface area (Å²) in [6.07, 6.45) is -0.767. The second-order valence-electron chi connectivity index (χ2n) is 7.19. The number of hydrogen-bond acceptors (Lipinski definition) is 8. The summed E-state index contributed by atoms with van der Waals surface area (Å²) >= 11 is 0. The van der Waals surface area contributed by atoms with Crippen LogP contribution in [-0.2, 0) is 4.74 Å². The van der Waals surface area contributed by atoms with Crippen molar-refractivity contribution >= 4 is 29.3 Å². The smallest absolute Gasteiger partial charge is 0.433 e. The fourth-order valence-electron chi connectivity index (χ4n) is 3.56. The topological polar surface area (TPSA) is 121 Å². The van der Waals surface area contributed by atoms with E-state index in [0.717, 1.165) is 6.07 Å². The van der Waals surface area contributed by atoms with E-state index < -0.39 is 28.6 Å². The van der Waals surface area contributed by atoms with Crippen molar-refractivity contribution < 1.29 is 28.1 Å². The Kier molecular flexibility index (Phi) is 5.46. The lowest BCUT2D eigenvalue weighted by Crippen LogP contribution is -2.43. The Balaban J connectivity index is 1.44. The van der Waals surface area contributed by atoms with Crippen LogP contribution in [0.4, 0.5) is 26.4 Å². The lowest BCUT2D eigenvalue weighted by Gasteiger charge is -2.24. The molecule has 1 N–H and O–H groups in total. The van der Waals surface area contributed by atoms with Crippen LogP contribution in [0.25, 0.3) is 0 Å². The van der Waals surface area contributed by atoms with E-state index in [1.807, 2.05) is 0 Å². The third-order valence-corrected chi connectivity index (χ3v) is 5.05. The lowest BCUT2D eigenvalue weighted by molar-refractivity contribution is -0.402. The van der Waals surface area contributed by atoms with Crippen LogP contribution in [0.5, 0.6) is 0 Å². The summed E-state index contributed by atoms with van der Waals surface area (Å²) in [4.78, 5) is 37.6. The van der Waals surface area contributed by atoms with E-state index in [0.29, 0.717) is 37.6 Å². The van der Waals surface area contributed by atoms with Crippen LogP contribution in [-0.4, -0.2) is 60.8 Å².